The van der Waals surface area contributed by atoms with Crippen LogP contribution in [0.3, 0.4) is 0 Å². The zero-order chi connectivity index (χ0) is 16.1. The summed E-state index contributed by atoms with van der Waals surface area (Å²) < 4.78 is 1.34. The van der Waals surface area contributed by atoms with Gasteiger partial charge in [0.25, 0.3) is 5.56 Å². The fraction of sp³-hybridized carbons (Fsp3) is 0.312. The van der Waals surface area contributed by atoms with Crippen molar-refractivity contribution in [3.63, 3.8) is 0 Å². The number of aromatic nitrogens is 2. The van der Waals surface area contributed by atoms with E-state index in [1.54, 1.807) is 13.8 Å². The molecule has 6 nitrogen and oxygen atoms in total. The Hall–Kier alpha value is -2.63. The van der Waals surface area contributed by atoms with Crippen LogP contribution in [-0.2, 0) is 11.3 Å². The van der Waals surface area contributed by atoms with E-state index in [-0.39, 0.29) is 11.5 Å². The molecule has 0 bridgehead atoms. The first-order valence-corrected chi connectivity index (χ1v) is 7.08. The summed E-state index contributed by atoms with van der Waals surface area (Å²) in [6.07, 6.45) is 1.47. The van der Waals surface area contributed by atoms with Gasteiger partial charge in [-0.15, -0.1) is 0 Å². The maximum absolute atomic E-state index is 12.1. The molecule has 1 heterocycles. The maximum Gasteiger partial charge on any atom is 0.326 e. The van der Waals surface area contributed by atoms with Crippen LogP contribution in [0.4, 0.5) is 5.69 Å². The molecule has 0 aliphatic heterocycles. The van der Waals surface area contributed by atoms with Gasteiger partial charge >= 0.3 is 5.97 Å². The van der Waals surface area contributed by atoms with E-state index in [9.17, 15) is 9.59 Å². The Morgan fingerprint density at radius 2 is 2.00 bits per heavy atom. The van der Waals surface area contributed by atoms with E-state index in [2.05, 4.69) is 10.4 Å². The first-order valence-electron chi connectivity index (χ1n) is 7.08. The molecule has 0 amide bonds. The predicted octanol–water partition coefficient (Wildman–Crippen LogP) is 1.81. The van der Waals surface area contributed by atoms with Crippen LogP contribution in [0, 0.1) is 5.92 Å². The Labute approximate surface area is 128 Å². The summed E-state index contributed by atoms with van der Waals surface area (Å²) in [7, 11) is 0. The predicted molar refractivity (Wildman–Crippen MR) is 83.9 cm³/mol. The summed E-state index contributed by atoms with van der Waals surface area (Å²) in [5.41, 5.74) is 1.11. The molecule has 6 heteroatoms. The number of nitrogens with one attached hydrogen (secondary N) is 1. The van der Waals surface area contributed by atoms with E-state index in [4.69, 9.17) is 5.11 Å². The van der Waals surface area contributed by atoms with Gasteiger partial charge in [-0.2, -0.15) is 5.10 Å². The molecule has 22 heavy (non-hydrogen) atoms. The minimum absolute atomic E-state index is 0.107. The van der Waals surface area contributed by atoms with Crippen molar-refractivity contribution < 1.29 is 9.90 Å². The number of rotatable bonds is 6. The van der Waals surface area contributed by atoms with Gasteiger partial charge in [0, 0.05) is 6.07 Å². The Balaban J connectivity index is 2.16. The molecule has 0 saturated carbocycles. The lowest BCUT2D eigenvalue weighted by molar-refractivity contribution is -0.138. The van der Waals surface area contributed by atoms with Gasteiger partial charge in [0.05, 0.1) is 18.4 Å². The molecule has 1 aromatic carbocycles. The van der Waals surface area contributed by atoms with Crippen LogP contribution in [0.5, 0.6) is 0 Å². The summed E-state index contributed by atoms with van der Waals surface area (Å²) in [4.78, 5) is 23.3. The minimum Gasteiger partial charge on any atom is -0.480 e. The maximum atomic E-state index is 12.1. The van der Waals surface area contributed by atoms with Crippen LogP contribution in [-0.4, -0.2) is 26.9 Å². The van der Waals surface area contributed by atoms with Gasteiger partial charge < -0.3 is 10.4 Å². The second kappa shape index (κ2) is 6.89. The molecule has 1 atom stereocenters. The second-order valence-corrected chi connectivity index (χ2v) is 5.43. The standard InChI is InChI=1S/C16H19N3O3/c1-11(2)15(16(21)22)18-13-8-14(20)19(17-9-13)10-12-6-4-3-5-7-12/h3-9,11,15,18H,10H2,1-2H3,(H,21,22)/t15-/m1/s1. The first-order chi connectivity index (χ1) is 10.5. The van der Waals surface area contributed by atoms with Crippen LogP contribution < -0.4 is 10.9 Å². The van der Waals surface area contributed by atoms with Crippen molar-refractivity contribution in [2.45, 2.75) is 26.4 Å². The van der Waals surface area contributed by atoms with Crippen molar-refractivity contribution in [2.75, 3.05) is 5.32 Å². The van der Waals surface area contributed by atoms with Gasteiger partial charge in [0.15, 0.2) is 0 Å². The highest BCUT2D eigenvalue weighted by Gasteiger charge is 2.21. The van der Waals surface area contributed by atoms with Crippen molar-refractivity contribution in [3.05, 3.63) is 58.5 Å². The number of hydrogen-bond donors (Lipinski definition) is 2. The normalized spacial score (nSPS) is 12.1. The summed E-state index contributed by atoms with van der Waals surface area (Å²) in [5, 5.41) is 16.1. The highest BCUT2D eigenvalue weighted by atomic mass is 16.4. The van der Waals surface area contributed by atoms with Gasteiger partial charge in [0.1, 0.15) is 6.04 Å². The van der Waals surface area contributed by atoms with Crippen LogP contribution in [0.1, 0.15) is 19.4 Å². The lowest BCUT2D eigenvalue weighted by atomic mass is 10.0. The van der Waals surface area contributed by atoms with E-state index in [1.807, 2.05) is 30.3 Å². The zero-order valence-electron chi connectivity index (χ0n) is 12.6. The third-order valence-corrected chi connectivity index (χ3v) is 3.30. The lowest BCUT2D eigenvalue weighted by Crippen LogP contribution is -2.35. The number of benzene rings is 1. The molecule has 2 aromatic rings. The van der Waals surface area contributed by atoms with Crippen molar-refractivity contribution in [2.24, 2.45) is 5.92 Å². The van der Waals surface area contributed by atoms with E-state index in [1.165, 1.54) is 16.9 Å². The SMILES string of the molecule is CC(C)[C@@H](Nc1cnn(Cc2ccccc2)c(=O)c1)C(=O)O. The Bertz CT molecular complexity index is 695. The summed E-state index contributed by atoms with van der Waals surface area (Å²) in [5.74, 6) is -1.06. The van der Waals surface area contributed by atoms with E-state index >= 15 is 0 Å². The van der Waals surface area contributed by atoms with E-state index in [0.717, 1.165) is 5.56 Å². The quantitative estimate of drug-likeness (QED) is 0.850. The number of carbonyl (C=O) groups is 1. The third kappa shape index (κ3) is 3.94. The van der Waals surface area contributed by atoms with Crippen molar-refractivity contribution in [1.29, 1.82) is 0 Å². The largest absolute Gasteiger partial charge is 0.480 e. The summed E-state index contributed by atoms with van der Waals surface area (Å²) in [6, 6.07) is 10.1. The van der Waals surface area contributed by atoms with Crippen LogP contribution in [0.2, 0.25) is 0 Å². The van der Waals surface area contributed by atoms with Crippen LogP contribution in [0.25, 0.3) is 0 Å². The Morgan fingerprint density at radius 3 is 2.55 bits per heavy atom. The van der Waals surface area contributed by atoms with Crippen LogP contribution >= 0.6 is 0 Å². The molecule has 0 unspecified atom stereocenters. The second-order valence-electron chi connectivity index (χ2n) is 5.43. The summed E-state index contributed by atoms with van der Waals surface area (Å²) in [6.45, 7) is 3.98. The zero-order valence-corrected chi connectivity index (χ0v) is 12.6. The molecule has 0 aliphatic rings. The number of hydrogen-bond acceptors (Lipinski definition) is 4. The van der Waals surface area contributed by atoms with E-state index in [0.29, 0.717) is 12.2 Å². The molecule has 2 rings (SSSR count). The molecule has 0 saturated heterocycles. The van der Waals surface area contributed by atoms with Crippen molar-refractivity contribution in [3.8, 4) is 0 Å². The molecule has 0 aliphatic carbocycles. The highest BCUT2D eigenvalue weighted by molar-refractivity contribution is 5.77. The molecule has 2 N–H and O–H groups in total. The number of carboxylic acids is 1. The highest BCUT2D eigenvalue weighted by Crippen LogP contribution is 2.10. The minimum atomic E-state index is -0.955. The molecule has 1 aromatic heterocycles. The number of anilines is 1. The average molecular weight is 301 g/mol. The fourth-order valence-electron chi connectivity index (χ4n) is 2.08. The molecule has 0 radical (unpaired) electrons. The fourth-order valence-corrected chi connectivity index (χ4v) is 2.08. The molecular weight excluding hydrogens is 282 g/mol. The number of carboxylic acid groups (broad SMARTS) is 1. The van der Waals surface area contributed by atoms with Gasteiger partial charge in [-0.1, -0.05) is 44.2 Å². The van der Waals surface area contributed by atoms with Gasteiger partial charge in [-0.25, -0.2) is 9.48 Å². The van der Waals surface area contributed by atoms with Gasteiger partial charge in [-0.3, -0.25) is 4.79 Å². The summed E-state index contributed by atoms with van der Waals surface area (Å²) >= 11 is 0. The van der Waals surface area contributed by atoms with Gasteiger partial charge in [0.2, 0.25) is 0 Å². The molecular formula is C16H19N3O3. The third-order valence-electron chi connectivity index (χ3n) is 3.30. The van der Waals surface area contributed by atoms with Crippen molar-refractivity contribution in [1.82, 2.24) is 9.78 Å². The molecule has 0 fully saturated rings. The topological polar surface area (TPSA) is 84.2 Å². The monoisotopic (exact) mass is 301 g/mol. The molecule has 116 valence electrons. The Kier molecular flexibility index (Phi) is 4.93. The molecule has 0 spiro atoms. The van der Waals surface area contributed by atoms with Gasteiger partial charge in [-0.05, 0) is 11.5 Å². The van der Waals surface area contributed by atoms with Crippen molar-refractivity contribution >= 4 is 11.7 Å². The lowest BCUT2D eigenvalue weighted by Gasteiger charge is -2.18. The first kappa shape index (κ1) is 15.8. The Morgan fingerprint density at radius 1 is 1.32 bits per heavy atom. The number of aliphatic carboxylic acids is 1. The average Bonchev–Trinajstić information content (AvgIpc) is 2.48. The van der Waals surface area contributed by atoms with E-state index < -0.39 is 12.0 Å². The van der Waals surface area contributed by atoms with Crippen LogP contribution in [0.15, 0.2) is 47.4 Å². The number of nitrogens with zero attached hydrogens (tertiary/aromatic N) is 2. The smallest absolute Gasteiger partial charge is 0.326 e.